The van der Waals surface area contributed by atoms with Gasteiger partial charge in [-0.1, -0.05) is 18.0 Å². The highest BCUT2D eigenvalue weighted by atomic mass is 35.5. The minimum absolute atomic E-state index is 0.346. The maximum absolute atomic E-state index is 6.12. The van der Waals surface area contributed by atoms with Gasteiger partial charge in [0.25, 0.3) is 0 Å². The molecule has 0 spiro atoms. The number of nitrogens with one attached hydrogen (secondary N) is 1. The maximum Gasteiger partial charge on any atom is 0.140 e. The fraction of sp³-hybridized carbons (Fsp3) is 0.538. The summed E-state index contributed by atoms with van der Waals surface area (Å²) < 4.78 is 5.96. The Morgan fingerprint density at radius 1 is 1.25 bits per heavy atom. The molecule has 88 valence electrons. The summed E-state index contributed by atoms with van der Waals surface area (Å²) in [6, 6.07) is 5.80. The smallest absolute Gasteiger partial charge is 0.140 e. The van der Waals surface area contributed by atoms with Crippen LogP contribution in [0.5, 0.6) is 5.75 Å². The van der Waals surface area contributed by atoms with E-state index < -0.39 is 0 Å². The van der Waals surface area contributed by atoms with Crippen LogP contribution in [0.15, 0.2) is 18.2 Å². The van der Waals surface area contributed by atoms with Crippen molar-refractivity contribution >= 4 is 17.3 Å². The number of hydrogen-bond donors (Lipinski definition) is 1. The van der Waals surface area contributed by atoms with Crippen molar-refractivity contribution in [1.29, 1.82) is 0 Å². The Hall–Kier alpha value is -0.890. The molecule has 1 aromatic rings. The summed E-state index contributed by atoms with van der Waals surface area (Å²) in [4.78, 5) is 0. The van der Waals surface area contributed by atoms with Gasteiger partial charge >= 0.3 is 0 Å². The lowest BCUT2D eigenvalue weighted by Crippen LogP contribution is -2.19. The van der Waals surface area contributed by atoms with Crippen LogP contribution in [0.1, 0.15) is 32.1 Å². The van der Waals surface area contributed by atoms with E-state index in [0.717, 1.165) is 24.3 Å². The molecule has 0 aromatic heterocycles. The van der Waals surface area contributed by atoms with E-state index in [0.29, 0.717) is 11.1 Å². The molecule has 3 heteroatoms. The zero-order valence-electron chi connectivity index (χ0n) is 9.63. The normalized spacial score (nSPS) is 17.1. The van der Waals surface area contributed by atoms with E-state index in [9.17, 15) is 0 Å². The average Bonchev–Trinajstić information content (AvgIpc) is 2.33. The van der Waals surface area contributed by atoms with E-state index in [1.807, 2.05) is 25.2 Å². The van der Waals surface area contributed by atoms with Crippen LogP contribution in [-0.4, -0.2) is 13.2 Å². The molecule has 1 aromatic carbocycles. The largest absolute Gasteiger partial charge is 0.489 e. The lowest BCUT2D eigenvalue weighted by Gasteiger charge is -2.23. The van der Waals surface area contributed by atoms with Crippen LogP contribution < -0.4 is 10.1 Å². The molecule has 0 bridgehead atoms. The van der Waals surface area contributed by atoms with Crippen molar-refractivity contribution in [3.63, 3.8) is 0 Å². The van der Waals surface area contributed by atoms with Crippen molar-refractivity contribution in [3.05, 3.63) is 23.2 Å². The molecule has 0 heterocycles. The molecule has 0 amide bonds. The SMILES string of the molecule is CNc1ccc(Cl)c(OC2CCCCC2)c1. The van der Waals surface area contributed by atoms with Crippen molar-refractivity contribution < 1.29 is 4.74 Å². The Morgan fingerprint density at radius 3 is 2.69 bits per heavy atom. The zero-order valence-corrected chi connectivity index (χ0v) is 10.4. The first-order valence-electron chi connectivity index (χ1n) is 5.93. The molecule has 2 rings (SSSR count). The lowest BCUT2D eigenvalue weighted by atomic mass is 9.98. The van der Waals surface area contributed by atoms with Crippen LogP contribution in [0.2, 0.25) is 5.02 Å². The van der Waals surface area contributed by atoms with E-state index >= 15 is 0 Å². The first-order chi connectivity index (χ1) is 7.79. The van der Waals surface area contributed by atoms with Gasteiger partial charge in [0.15, 0.2) is 0 Å². The van der Waals surface area contributed by atoms with Crippen LogP contribution in [0.25, 0.3) is 0 Å². The van der Waals surface area contributed by atoms with Gasteiger partial charge in [-0.3, -0.25) is 0 Å². The number of ether oxygens (including phenoxy) is 1. The zero-order chi connectivity index (χ0) is 11.4. The Balaban J connectivity index is 2.06. The summed E-state index contributed by atoms with van der Waals surface area (Å²) in [5.74, 6) is 0.806. The summed E-state index contributed by atoms with van der Waals surface area (Å²) in [6.45, 7) is 0. The predicted molar refractivity (Wildman–Crippen MR) is 68.5 cm³/mol. The van der Waals surface area contributed by atoms with Crippen molar-refractivity contribution in [2.24, 2.45) is 0 Å². The Labute approximate surface area is 102 Å². The van der Waals surface area contributed by atoms with Gasteiger partial charge < -0.3 is 10.1 Å². The van der Waals surface area contributed by atoms with Gasteiger partial charge in [0.1, 0.15) is 5.75 Å². The minimum Gasteiger partial charge on any atom is -0.489 e. The first-order valence-corrected chi connectivity index (χ1v) is 6.31. The van der Waals surface area contributed by atoms with E-state index in [4.69, 9.17) is 16.3 Å². The van der Waals surface area contributed by atoms with E-state index in [2.05, 4.69) is 5.32 Å². The van der Waals surface area contributed by atoms with E-state index in [-0.39, 0.29) is 0 Å². The van der Waals surface area contributed by atoms with Crippen LogP contribution in [0, 0.1) is 0 Å². The predicted octanol–water partition coefficient (Wildman–Crippen LogP) is 4.09. The molecule has 0 radical (unpaired) electrons. The second-order valence-electron chi connectivity index (χ2n) is 4.27. The summed E-state index contributed by atoms with van der Waals surface area (Å²) >= 11 is 6.12. The maximum atomic E-state index is 6.12. The highest BCUT2D eigenvalue weighted by molar-refractivity contribution is 6.32. The number of hydrogen-bond acceptors (Lipinski definition) is 2. The molecule has 1 saturated carbocycles. The highest BCUT2D eigenvalue weighted by Crippen LogP contribution is 2.31. The lowest BCUT2D eigenvalue weighted by molar-refractivity contribution is 0.155. The van der Waals surface area contributed by atoms with Gasteiger partial charge in [-0.2, -0.15) is 0 Å². The summed E-state index contributed by atoms with van der Waals surface area (Å²) in [6.07, 6.45) is 6.53. The third kappa shape index (κ3) is 2.82. The fourth-order valence-corrected chi connectivity index (χ4v) is 2.27. The van der Waals surface area contributed by atoms with Crippen LogP contribution in [0.3, 0.4) is 0 Å². The Morgan fingerprint density at radius 2 is 2.00 bits per heavy atom. The highest BCUT2D eigenvalue weighted by Gasteiger charge is 2.16. The fourth-order valence-electron chi connectivity index (χ4n) is 2.11. The topological polar surface area (TPSA) is 21.3 Å². The molecule has 2 nitrogen and oxygen atoms in total. The van der Waals surface area contributed by atoms with Gasteiger partial charge in [0, 0.05) is 18.8 Å². The molecule has 1 N–H and O–H groups in total. The van der Waals surface area contributed by atoms with Crippen molar-refractivity contribution in [1.82, 2.24) is 0 Å². The second-order valence-corrected chi connectivity index (χ2v) is 4.68. The molecule has 16 heavy (non-hydrogen) atoms. The number of rotatable bonds is 3. The van der Waals surface area contributed by atoms with Gasteiger partial charge in [-0.05, 0) is 37.8 Å². The molecule has 1 aliphatic rings. The molecule has 0 unspecified atom stereocenters. The average molecular weight is 240 g/mol. The molecular formula is C13H18ClNO. The number of halogens is 1. The van der Waals surface area contributed by atoms with Crippen molar-refractivity contribution in [2.45, 2.75) is 38.2 Å². The third-order valence-electron chi connectivity index (χ3n) is 3.07. The molecule has 0 atom stereocenters. The van der Waals surface area contributed by atoms with Gasteiger partial charge in [0.2, 0.25) is 0 Å². The van der Waals surface area contributed by atoms with Crippen molar-refractivity contribution in [2.75, 3.05) is 12.4 Å². The van der Waals surface area contributed by atoms with Crippen LogP contribution in [0.4, 0.5) is 5.69 Å². The second kappa shape index (κ2) is 5.44. The van der Waals surface area contributed by atoms with Crippen molar-refractivity contribution in [3.8, 4) is 5.75 Å². The first kappa shape index (κ1) is 11.6. The monoisotopic (exact) mass is 239 g/mol. The Bertz CT molecular complexity index is 348. The number of benzene rings is 1. The Kier molecular flexibility index (Phi) is 3.94. The number of anilines is 1. The molecule has 0 aliphatic heterocycles. The summed E-state index contributed by atoms with van der Waals surface area (Å²) in [5.41, 5.74) is 1.04. The van der Waals surface area contributed by atoms with Crippen LogP contribution >= 0.6 is 11.6 Å². The van der Waals surface area contributed by atoms with Gasteiger partial charge in [-0.25, -0.2) is 0 Å². The molecule has 1 fully saturated rings. The van der Waals surface area contributed by atoms with Gasteiger partial charge in [-0.15, -0.1) is 0 Å². The third-order valence-corrected chi connectivity index (χ3v) is 3.38. The molecule has 0 saturated heterocycles. The summed E-state index contributed by atoms with van der Waals surface area (Å²) in [5, 5.41) is 3.79. The van der Waals surface area contributed by atoms with Crippen LogP contribution in [-0.2, 0) is 0 Å². The summed E-state index contributed by atoms with van der Waals surface area (Å²) in [7, 11) is 1.90. The van der Waals surface area contributed by atoms with E-state index in [1.165, 1.54) is 19.3 Å². The molecular weight excluding hydrogens is 222 g/mol. The van der Waals surface area contributed by atoms with Gasteiger partial charge in [0.05, 0.1) is 11.1 Å². The molecule has 1 aliphatic carbocycles. The van der Waals surface area contributed by atoms with E-state index in [1.54, 1.807) is 0 Å². The minimum atomic E-state index is 0.346. The standard InChI is InChI=1S/C13H18ClNO/c1-15-10-7-8-12(14)13(9-10)16-11-5-3-2-4-6-11/h7-9,11,15H,2-6H2,1H3. The quantitative estimate of drug-likeness (QED) is 0.858.